The molecule has 0 saturated heterocycles. The lowest BCUT2D eigenvalue weighted by Crippen LogP contribution is -2.17. The lowest BCUT2D eigenvalue weighted by atomic mass is 10.2. The van der Waals surface area contributed by atoms with E-state index < -0.39 is 11.9 Å². The van der Waals surface area contributed by atoms with Gasteiger partial charge in [0, 0.05) is 11.0 Å². The second-order valence-corrected chi connectivity index (χ2v) is 5.13. The molecule has 0 aliphatic rings. The second kappa shape index (κ2) is 11.8. The first-order chi connectivity index (χ1) is 10.4. The Morgan fingerprint density at radius 3 is 2.50 bits per heavy atom. The highest BCUT2D eigenvalue weighted by Crippen LogP contribution is 2.22. The molecule has 1 aromatic carbocycles. The smallest absolute Gasteiger partial charge is 0.414 e. The number of aliphatic carboxylic acids is 2. The van der Waals surface area contributed by atoms with Crippen molar-refractivity contribution in [2.75, 3.05) is 19.7 Å². The molecule has 0 heterocycles. The molecular formula is C15H20BrNO5. The number of ether oxygens (including phenoxy) is 1. The third-order valence-electron chi connectivity index (χ3n) is 2.36. The average molecular weight is 374 g/mol. The van der Waals surface area contributed by atoms with Crippen molar-refractivity contribution in [2.45, 2.75) is 13.3 Å². The molecule has 0 aliphatic carbocycles. The normalized spacial score (nSPS) is 9.36. The summed E-state index contributed by atoms with van der Waals surface area (Å²) in [5.41, 5.74) is 1.16. The Hall–Kier alpha value is -1.86. The Bertz CT molecular complexity index is 493. The fourth-order valence-corrected chi connectivity index (χ4v) is 1.83. The number of benzene rings is 1. The maximum Gasteiger partial charge on any atom is 0.414 e. The van der Waals surface area contributed by atoms with E-state index in [1.807, 2.05) is 18.2 Å². The van der Waals surface area contributed by atoms with Gasteiger partial charge in [-0.15, -0.1) is 6.58 Å². The molecule has 0 atom stereocenters. The molecule has 1 rings (SSSR count). The standard InChI is InChI=1S/C13H18BrNO.C2H2O4/c1-3-7-15-8-4-9-16-13-6-5-12(14)10-11(13)2;3-1(4)2(5)6/h3,5-6,10,15H,1,4,7-9H2,2H3;(H,3,4)(H,5,6). The number of nitrogens with one attached hydrogen (secondary N) is 1. The summed E-state index contributed by atoms with van der Waals surface area (Å²) >= 11 is 3.43. The highest BCUT2D eigenvalue weighted by Gasteiger charge is 2.04. The molecule has 3 N–H and O–H groups in total. The number of hydrogen-bond donors (Lipinski definition) is 3. The predicted molar refractivity (Wildman–Crippen MR) is 87.3 cm³/mol. The molecule has 7 heteroatoms. The molecule has 0 aliphatic heterocycles. The van der Waals surface area contributed by atoms with Crippen molar-refractivity contribution >= 4 is 27.9 Å². The average Bonchev–Trinajstić information content (AvgIpc) is 2.45. The zero-order chi connectivity index (χ0) is 17.0. The minimum Gasteiger partial charge on any atom is -0.493 e. The van der Waals surface area contributed by atoms with E-state index in [-0.39, 0.29) is 0 Å². The lowest BCUT2D eigenvalue weighted by Gasteiger charge is -2.09. The Balaban J connectivity index is 0.000000626. The number of carboxylic acid groups (broad SMARTS) is 2. The summed E-state index contributed by atoms with van der Waals surface area (Å²) in [5, 5.41) is 18.0. The van der Waals surface area contributed by atoms with Gasteiger partial charge in [0.2, 0.25) is 0 Å². The third kappa shape index (κ3) is 9.95. The van der Waals surface area contributed by atoms with Gasteiger partial charge >= 0.3 is 11.9 Å². The van der Waals surface area contributed by atoms with Gasteiger partial charge in [0.1, 0.15) is 5.75 Å². The zero-order valence-electron chi connectivity index (χ0n) is 12.3. The second-order valence-electron chi connectivity index (χ2n) is 4.21. The molecule has 0 unspecified atom stereocenters. The predicted octanol–water partition coefficient (Wildman–Crippen LogP) is 2.46. The van der Waals surface area contributed by atoms with E-state index in [0.29, 0.717) is 0 Å². The van der Waals surface area contributed by atoms with Crippen LogP contribution in [0, 0.1) is 6.92 Å². The van der Waals surface area contributed by atoms with Crippen molar-refractivity contribution in [2.24, 2.45) is 0 Å². The molecule has 0 bridgehead atoms. The van der Waals surface area contributed by atoms with Gasteiger partial charge < -0.3 is 20.3 Å². The molecule has 6 nitrogen and oxygen atoms in total. The van der Waals surface area contributed by atoms with Gasteiger partial charge in [-0.05, 0) is 43.7 Å². The topological polar surface area (TPSA) is 95.9 Å². The molecule has 1 aromatic rings. The lowest BCUT2D eigenvalue weighted by molar-refractivity contribution is -0.159. The van der Waals surface area contributed by atoms with Crippen molar-refractivity contribution in [3.05, 3.63) is 40.9 Å². The number of aryl methyl sites for hydroxylation is 1. The third-order valence-corrected chi connectivity index (χ3v) is 2.86. The fourth-order valence-electron chi connectivity index (χ4n) is 1.36. The summed E-state index contributed by atoms with van der Waals surface area (Å²) in [6, 6.07) is 6.06. The SMILES string of the molecule is C=CCNCCCOc1ccc(Br)cc1C.O=C(O)C(=O)O. The van der Waals surface area contributed by atoms with E-state index in [2.05, 4.69) is 40.8 Å². The van der Waals surface area contributed by atoms with E-state index in [4.69, 9.17) is 24.5 Å². The van der Waals surface area contributed by atoms with Crippen molar-refractivity contribution in [3.63, 3.8) is 0 Å². The largest absolute Gasteiger partial charge is 0.493 e. The Kier molecular flexibility index (Phi) is 10.8. The number of halogens is 1. The van der Waals surface area contributed by atoms with Crippen LogP contribution in [0.5, 0.6) is 5.75 Å². The number of hydrogen-bond acceptors (Lipinski definition) is 4. The van der Waals surface area contributed by atoms with Gasteiger partial charge in [-0.1, -0.05) is 22.0 Å². The summed E-state index contributed by atoms with van der Waals surface area (Å²) < 4.78 is 6.77. The Morgan fingerprint density at radius 1 is 1.36 bits per heavy atom. The molecule has 0 saturated carbocycles. The van der Waals surface area contributed by atoms with Crippen molar-refractivity contribution < 1.29 is 24.5 Å². The van der Waals surface area contributed by atoms with Gasteiger partial charge in [-0.3, -0.25) is 0 Å². The van der Waals surface area contributed by atoms with E-state index >= 15 is 0 Å². The summed E-state index contributed by atoms with van der Waals surface area (Å²) in [5.74, 6) is -2.68. The van der Waals surface area contributed by atoms with Crippen LogP contribution in [0.2, 0.25) is 0 Å². The van der Waals surface area contributed by atoms with E-state index in [1.54, 1.807) is 0 Å². The van der Waals surface area contributed by atoms with Crippen LogP contribution in [0.25, 0.3) is 0 Å². The monoisotopic (exact) mass is 373 g/mol. The van der Waals surface area contributed by atoms with Gasteiger partial charge in [-0.2, -0.15) is 0 Å². The van der Waals surface area contributed by atoms with Gasteiger partial charge in [-0.25, -0.2) is 9.59 Å². The maximum atomic E-state index is 9.10. The minimum absolute atomic E-state index is 0.743. The van der Waals surface area contributed by atoms with Crippen LogP contribution in [0.15, 0.2) is 35.3 Å². The van der Waals surface area contributed by atoms with E-state index in [1.165, 1.54) is 0 Å². The minimum atomic E-state index is -1.82. The van der Waals surface area contributed by atoms with Crippen LogP contribution in [-0.2, 0) is 9.59 Å². The quantitative estimate of drug-likeness (QED) is 0.386. The van der Waals surface area contributed by atoms with Crippen molar-refractivity contribution in [1.29, 1.82) is 0 Å². The van der Waals surface area contributed by atoms with Gasteiger partial charge in [0.15, 0.2) is 0 Å². The van der Waals surface area contributed by atoms with Crippen molar-refractivity contribution in [3.8, 4) is 5.75 Å². The van der Waals surface area contributed by atoms with Crippen LogP contribution in [-0.4, -0.2) is 41.8 Å². The fraction of sp³-hybridized carbons (Fsp3) is 0.333. The summed E-state index contributed by atoms with van der Waals surface area (Å²) in [4.78, 5) is 18.2. The van der Waals surface area contributed by atoms with Gasteiger partial charge in [0.25, 0.3) is 0 Å². The van der Waals surface area contributed by atoms with Crippen LogP contribution < -0.4 is 10.1 Å². The van der Waals surface area contributed by atoms with Crippen LogP contribution >= 0.6 is 15.9 Å². The summed E-state index contributed by atoms with van der Waals surface area (Å²) in [6.07, 6.45) is 2.86. The van der Waals surface area contributed by atoms with Crippen molar-refractivity contribution in [1.82, 2.24) is 5.32 Å². The summed E-state index contributed by atoms with van der Waals surface area (Å²) in [7, 11) is 0. The van der Waals surface area contributed by atoms with Crippen LogP contribution in [0.1, 0.15) is 12.0 Å². The summed E-state index contributed by atoms with van der Waals surface area (Å²) in [6.45, 7) is 8.26. The molecule has 122 valence electrons. The molecule has 0 fully saturated rings. The highest BCUT2D eigenvalue weighted by atomic mass is 79.9. The number of rotatable bonds is 7. The van der Waals surface area contributed by atoms with Crippen LogP contribution in [0.4, 0.5) is 0 Å². The van der Waals surface area contributed by atoms with Crippen LogP contribution in [0.3, 0.4) is 0 Å². The van der Waals surface area contributed by atoms with Gasteiger partial charge in [0.05, 0.1) is 6.61 Å². The molecule has 22 heavy (non-hydrogen) atoms. The van der Waals surface area contributed by atoms with E-state index in [9.17, 15) is 0 Å². The first-order valence-electron chi connectivity index (χ1n) is 6.55. The van der Waals surface area contributed by atoms with E-state index in [0.717, 1.165) is 41.9 Å². The first-order valence-corrected chi connectivity index (χ1v) is 7.34. The molecule has 0 aromatic heterocycles. The number of carboxylic acids is 2. The first kappa shape index (κ1) is 20.1. The molecule has 0 amide bonds. The maximum absolute atomic E-state index is 9.10. The number of carbonyl (C=O) groups is 2. The molecule has 0 radical (unpaired) electrons. The molecular weight excluding hydrogens is 354 g/mol. The molecule has 0 spiro atoms. The zero-order valence-corrected chi connectivity index (χ0v) is 13.9. The highest BCUT2D eigenvalue weighted by molar-refractivity contribution is 9.10. The Labute approximate surface area is 137 Å². The Morgan fingerprint density at radius 2 is 2.00 bits per heavy atom.